The fourth-order valence-electron chi connectivity index (χ4n) is 4.31. The van der Waals surface area contributed by atoms with Crippen molar-refractivity contribution in [1.29, 1.82) is 0 Å². The number of hydrogen-bond donors (Lipinski definition) is 3. The zero-order chi connectivity index (χ0) is 18.0. The number of hydrogen-bond acceptors (Lipinski definition) is 5. The maximum absolute atomic E-state index is 12.4. The molecule has 1 amide bonds. The average molecular weight is 383 g/mol. The van der Waals surface area contributed by atoms with Gasteiger partial charge in [-0.1, -0.05) is 6.07 Å². The van der Waals surface area contributed by atoms with Crippen molar-refractivity contribution in [3.05, 3.63) is 33.9 Å². The highest BCUT2D eigenvalue weighted by atomic mass is 35.5. The van der Waals surface area contributed by atoms with Gasteiger partial charge in [-0.05, 0) is 56.1 Å². The lowest BCUT2D eigenvalue weighted by atomic mass is 9.84. The number of rotatable bonds is 7. The van der Waals surface area contributed by atoms with E-state index in [-0.39, 0.29) is 40.9 Å². The molecule has 4 unspecified atom stereocenters. The summed E-state index contributed by atoms with van der Waals surface area (Å²) in [6.07, 6.45) is 4.08. The Morgan fingerprint density at radius 2 is 2.04 bits per heavy atom. The number of fused-ring (bicyclic) bond motifs is 2. The lowest BCUT2D eigenvalue weighted by Gasteiger charge is -2.27. The molecule has 2 aliphatic rings. The lowest BCUT2D eigenvalue weighted by Crippen LogP contribution is -2.45. The molecule has 2 saturated carbocycles. The molecule has 0 spiro atoms. The first-order chi connectivity index (χ1) is 12.0. The minimum absolute atomic E-state index is 0. The zero-order valence-electron chi connectivity index (χ0n) is 14.9. The number of halogens is 1. The summed E-state index contributed by atoms with van der Waals surface area (Å²) < 4.78 is 0. The standard InChI is InChI=1S/C18H26N4O3.ClH/c1-11-3-6-14(15(9-11)22(24)25)20-7-2-8-21-18(23)16-12-4-5-13(10-12)17(16)19;/h3,6,9,12-13,16-17,20H,2,4-5,7-8,10,19H2,1H3,(H,21,23);1H. The largest absolute Gasteiger partial charge is 0.379 e. The van der Waals surface area contributed by atoms with Crippen molar-refractivity contribution in [2.24, 2.45) is 23.5 Å². The van der Waals surface area contributed by atoms with Crippen LogP contribution in [0.15, 0.2) is 18.2 Å². The van der Waals surface area contributed by atoms with Crippen LogP contribution in [0.4, 0.5) is 11.4 Å². The van der Waals surface area contributed by atoms with Gasteiger partial charge in [-0.15, -0.1) is 12.4 Å². The van der Waals surface area contributed by atoms with Crippen molar-refractivity contribution < 1.29 is 9.72 Å². The Morgan fingerprint density at radius 1 is 1.31 bits per heavy atom. The van der Waals surface area contributed by atoms with Crippen LogP contribution in [0, 0.1) is 34.8 Å². The highest BCUT2D eigenvalue weighted by molar-refractivity contribution is 5.85. The van der Waals surface area contributed by atoms with Gasteiger partial charge in [0.1, 0.15) is 5.69 Å². The van der Waals surface area contributed by atoms with E-state index >= 15 is 0 Å². The molecule has 1 aromatic rings. The van der Waals surface area contributed by atoms with Gasteiger partial charge in [0.15, 0.2) is 0 Å². The van der Waals surface area contributed by atoms with Crippen LogP contribution in [0.3, 0.4) is 0 Å². The predicted octanol–water partition coefficient (Wildman–Crippen LogP) is 2.62. The molecule has 0 heterocycles. The van der Waals surface area contributed by atoms with Crippen LogP contribution in [-0.2, 0) is 4.79 Å². The summed E-state index contributed by atoms with van der Waals surface area (Å²) >= 11 is 0. The van der Waals surface area contributed by atoms with Gasteiger partial charge in [-0.3, -0.25) is 14.9 Å². The highest BCUT2D eigenvalue weighted by Gasteiger charge is 2.48. The van der Waals surface area contributed by atoms with Gasteiger partial charge >= 0.3 is 0 Å². The number of nitrogens with zero attached hydrogens (tertiary/aromatic N) is 1. The van der Waals surface area contributed by atoms with Gasteiger partial charge < -0.3 is 16.4 Å². The summed E-state index contributed by atoms with van der Waals surface area (Å²) in [6, 6.07) is 5.13. The normalized spacial score (nSPS) is 26.2. The van der Waals surface area contributed by atoms with E-state index in [4.69, 9.17) is 5.73 Å². The van der Waals surface area contributed by atoms with Crippen LogP contribution < -0.4 is 16.4 Å². The molecule has 0 aliphatic heterocycles. The van der Waals surface area contributed by atoms with E-state index in [1.807, 2.05) is 13.0 Å². The van der Waals surface area contributed by atoms with Crippen LogP contribution in [0.5, 0.6) is 0 Å². The third-order valence-corrected chi connectivity index (χ3v) is 5.60. The van der Waals surface area contributed by atoms with Gasteiger partial charge in [0.05, 0.1) is 10.8 Å². The molecule has 0 saturated heterocycles. The Morgan fingerprint density at radius 3 is 2.69 bits per heavy atom. The second kappa shape index (κ2) is 8.68. The number of amides is 1. The topological polar surface area (TPSA) is 110 Å². The van der Waals surface area contributed by atoms with E-state index in [0.29, 0.717) is 37.0 Å². The van der Waals surface area contributed by atoms with Gasteiger partial charge in [0, 0.05) is 25.2 Å². The second-order valence-corrected chi connectivity index (χ2v) is 7.29. The third-order valence-electron chi connectivity index (χ3n) is 5.60. The van der Waals surface area contributed by atoms with Gasteiger partial charge in [0.25, 0.3) is 5.69 Å². The molecule has 2 fully saturated rings. The Hall–Kier alpha value is -1.86. The van der Waals surface area contributed by atoms with Crippen molar-refractivity contribution in [1.82, 2.24) is 5.32 Å². The summed E-state index contributed by atoms with van der Waals surface area (Å²) in [5.41, 5.74) is 7.64. The summed E-state index contributed by atoms with van der Waals surface area (Å²) in [5.74, 6) is 1.00. The fraction of sp³-hybridized carbons (Fsp3) is 0.611. The van der Waals surface area contributed by atoms with E-state index in [9.17, 15) is 14.9 Å². The summed E-state index contributed by atoms with van der Waals surface area (Å²) in [6.45, 7) is 2.94. The van der Waals surface area contributed by atoms with E-state index in [0.717, 1.165) is 24.8 Å². The quantitative estimate of drug-likeness (QED) is 0.381. The third kappa shape index (κ3) is 4.27. The molecule has 144 valence electrons. The maximum Gasteiger partial charge on any atom is 0.292 e. The van der Waals surface area contributed by atoms with Crippen LogP contribution in [0.25, 0.3) is 0 Å². The number of nitro benzene ring substituents is 1. The van der Waals surface area contributed by atoms with E-state index < -0.39 is 0 Å². The number of carbonyl (C=O) groups excluding carboxylic acids is 1. The van der Waals surface area contributed by atoms with E-state index in [1.54, 1.807) is 12.1 Å². The molecule has 0 radical (unpaired) electrons. The van der Waals surface area contributed by atoms with Gasteiger partial charge in [-0.25, -0.2) is 0 Å². The Labute approximate surface area is 159 Å². The summed E-state index contributed by atoms with van der Waals surface area (Å²) in [4.78, 5) is 23.1. The van der Waals surface area contributed by atoms with Crippen LogP contribution in [-0.4, -0.2) is 30.0 Å². The Bertz CT molecular complexity index is 668. The molecule has 0 aromatic heterocycles. The van der Waals surface area contributed by atoms with Crippen LogP contribution >= 0.6 is 12.4 Å². The number of benzene rings is 1. The van der Waals surface area contributed by atoms with Crippen molar-refractivity contribution >= 4 is 29.7 Å². The minimum atomic E-state index is -0.381. The summed E-state index contributed by atoms with van der Waals surface area (Å²) in [5, 5.41) is 17.2. The predicted molar refractivity (Wildman–Crippen MR) is 103 cm³/mol. The first-order valence-corrected chi connectivity index (χ1v) is 8.99. The molecule has 4 N–H and O–H groups in total. The van der Waals surface area contributed by atoms with Gasteiger partial charge in [0.2, 0.25) is 5.91 Å². The molecular weight excluding hydrogens is 356 g/mol. The molecule has 7 nitrogen and oxygen atoms in total. The minimum Gasteiger partial charge on any atom is -0.379 e. The van der Waals surface area contributed by atoms with Gasteiger partial charge in [-0.2, -0.15) is 0 Å². The number of aryl methyl sites for hydroxylation is 1. The number of nitrogens with one attached hydrogen (secondary N) is 2. The molecule has 4 atom stereocenters. The monoisotopic (exact) mass is 382 g/mol. The van der Waals surface area contributed by atoms with E-state index in [2.05, 4.69) is 10.6 Å². The zero-order valence-corrected chi connectivity index (χ0v) is 15.8. The van der Waals surface area contributed by atoms with Crippen molar-refractivity contribution in [3.63, 3.8) is 0 Å². The van der Waals surface area contributed by atoms with E-state index in [1.165, 1.54) is 0 Å². The highest BCUT2D eigenvalue weighted by Crippen LogP contribution is 2.47. The van der Waals surface area contributed by atoms with Crippen LogP contribution in [0.2, 0.25) is 0 Å². The maximum atomic E-state index is 12.4. The first-order valence-electron chi connectivity index (χ1n) is 8.99. The number of nitrogens with two attached hydrogens (primary N) is 1. The smallest absolute Gasteiger partial charge is 0.292 e. The SMILES string of the molecule is Cc1ccc(NCCCNC(=O)C2C3CCC(C3)C2N)c([N+](=O)[O-])c1.Cl. The molecule has 26 heavy (non-hydrogen) atoms. The molecule has 2 bridgehead atoms. The number of anilines is 1. The molecule has 3 rings (SSSR count). The molecule has 1 aromatic carbocycles. The summed E-state index contributed by atoms with van der Waals surface area (Å²) in [7, 11) is 0. The van der Waals surface area contributed by atoms with Crippen LogP contribution in [0.1, 0.15) is 31.2 Å². The fourth-order valence-corrected chi connectivity index (χ4v) is 4.31. The van der Waals surface area contributed by atoms with Crippen molar-refractivity contribution in [3.8, 4) is 0 Å². The lowest BCUT2D eigenvalue weighted by molar-refractivity contribution is -0.384. The molecule has 2 aliphatic carbocycles. The number of nitro groups is 1. The Kier molecular flexibility index (Phi) is 6.83. The molecular formula is C18H27ClN4O3. The average Bonchev–Trinajstić information content (AvgIpc) is 3.16. The van der Waals surface area contributed by atoms with Crippen molar-refractivity contribution in [2.45, 2.75) is 38.6 Å². The first kappa shape index (κ1) is 20.5. The Balaban J connectivity index is 0.00000243. The number of carbonyl (C=O) groups is 1. The van der Waals surface area contributed by atoms with Crippen molar-refractivity contribution in [2.75, 3.05) is 18.4 Å². The molecule has 8 heteroatoms. The second-order valence-electron chi connectivity index (χ2n) is 7.29.